The molecule has 0 fully saturated rings. The van der Waals surface area contributed by atoms with E-state index in [0.717, 1.165) is 44.4 Å². The molecule has 1 aliphatic rings. The molecule has 7 rings (SSSR count). The summed E-state index contributed by atoms with van der Waals surface area (Å²) >= 11 is 1.73. The lowest BCUT2D eigenvalue weighted by atomic mass is 10.1. The zero-order valence-corrected chi connectivity index (χ0v) is 20.2. The Morgan fingerprint density at radius 2 is 1.44 bits per heavy atom. The van der Waals surface area contributed by atoms with Crippen molar-refractivity contribution in [3.63, 3.8) is 0 Å². The maximum Gasteiger partial charge on any atom is 0.124 e. The standard InChI is InChI=1S/C32H21N3S/c1-3-13-29-22(8-1)15-16-23-17-18-25(32-34-28-12-2-4-14-31(28)36-32)21-30(23)35(29)26-10-7-9-24(20-26)27-11-5-6-19-33-27/h1-21H. The van der Waals surface area contributed by atoms with E-state index in [2.05, 4.69) is 113 Å². The molecule has 3 nitrogen and oxygen atoms in total. The summed E-state index contributed by atoms with van der Waals surface area (Å²) in [6.07, 6.45) is 6.25. The first-order chi connectivity index (χ1) is 17.8. The molecule has 2 aromatic heterocycles. The van der Waals surface area contributed by atoms with Gasteiger partial charge in [0.05, 0.1) is 27.3 Å². The average Bonchev–Trinajstić information content (AvgIpc) is 3.31. The fraction of sp³-hybridized carbons (Fsp3) is 0. The molecular formula is C32H21N3S. The van der Waals surface area contributed by atoms with Crippen LogP contribution in [-0.2, 0) is 0 Å². The highest BCUT2D eigenvalue weighted by atomic mass is 32.1. The number of hydrogen-bond acceptors (Lipinski definition) is 4. The Morgan fingerprint density at radius 1 is 0.611 bits per heavy atom. The predicted octanol–water partition coefficient (Wildman–Crippen LogP) is 8.98. The minimum atomic E-state index is 0.962. The van der Waals surface area contributed by atoms with Crippen LogP contribution in [0.15, 0.2) is 115 Å². The molecular weight excluding hydrogens is 458 g/mol. The van der Waals surface area contributed by atoms with E-state index in [0.29, 0.717) is 0 Å². The molecule has 3 heterocycles. The van der Waals surface area contributed by atoms with Gasteiger partial charge in [0.25, 0.3) is 0 Å². The smallest absolute Gasteiger partial charge is 0.124 e. The molecule has 6 aromatic rings. The number of thiazole rings is 1. The Bertz CT molecular complexity index is 1720. The predicted molar refractivity (Wildman–Crippen MR) is 152 cm³/mol. The number of nitrogens with zero attached hydrogens (tertiary/aromatic N) is 3. The lowest BCUT2D eigenvalue weighted by Crippen LogP contribution is -2.12. The van der Waals surface area contributed by atoms with Crippen LogP contribution < -0.4 is 4.90 Å². The van der Waals surface area contributed by atoms with Crippen molar-refractivity contribution < 1.29 is 0 Å². The Hall–Kier alpha value is -4.54. The summed E-state index contributed by atoms with van der Waals surface area (Å²) in [6.45, 7) is 0. The molecule has 1 aliphatic heterocycles. The van der Waals surface area contributed by atoms with Crippen LogP contribution in [0.2, 0.25) is 0 Å². The third-order valence-electron chi connectivity index (χ3n) is 6.50. The molecule has 0 saturated carbocycles. The number of rotatable bonds is 3. The maximum absolute atomic E-state index is 4.92. The summed E-state index contributed by atoms with van der Waals surface area (Å²) in [5.74, 6) is 0. The van der Waals surface area contributed by atoms with Gasteiger partial charge in [-0.25, -0.2) is 4.98 Å². The highest BCUT2D eigenvalue weighted by Gasteiger charge is 2.21. The Balaban J connectivity index is 1.43. The fourth-order valence-corrected chi connectivity index (χ4v) is 5.73. The fourth-order valence-electron chi connectivity index (χ4n) is 4.76. The van der Waals surface area contributed by atoms with E-state index < -0.39 is 0 Å². The molecule has 0 aliphatic carbocycles. The molecule has 170 valence electrons. The average molecular weight is 480 g/mol. The molecule has 0 saturated heterocycles. The van der Waals surface area contributed by atoms with Gasteiger partial charge in [-0.05, 0) is 59.7 Å². The van der Waals surface area contributed by atoms with Crippen molar-refractivity contribution in [2.45, 2.75) is 0 Å². The van der Waals surface area contributed by atoms with Gasteiger partial charge in [-0.2, -0.15) is 0 Å². The van der Waals surface area contributed by atoms with Crippen molar-refractivity contribution in [2.75, 3.05) is 4.90 Å². The van der Waals surface area contributed by atoms with Gasteiger partial charge in [-0.15, -0.1) is 11.3 Å². The van der Waals surface area contributed by atoms with Crippen LogP contribution in [0, 0.1) is 0 Å². The lowest BCUT2D eigenvalue weighted by Gasteiger charge is -2.28. The first-order valence-electron chi connectivity index (χ1n) is 11.9. The molecule has 4 aromatic carbocycles. The Kier molecular flexibility index (Phi) is 4.97. The van der Waals surface area contributed by atoms with Crippen molar-refractivity contribution in [1.82, 2.24) is 9.97 Å². The zero-order chi connectivity index (χ0) is 23.9. The van der Waals surface area contributed by atoms with Crippen LogP contribution in [-0.4, -0.2) is 9.97 Å². The second-order valence-corrected chi connectivity index (χ2v) is 9.78. The minimum absolute atomic E-state index is 0.962. The van der Waals surface area contributed by atoms with E-state index in [1.54, 1.807) is 11.3 Å². The van der Waals surface area contributed by atoms with Crippen LogP contribution in [0.4, 0.5) is 17.1 Å². The van der Waals surface area contributed by atoms with E-state index >= 15 is 0 Å². The van der Waals surface area contributed by atoms with Gasteiger partial charge in [0.1, 0.15) is 5.01 Å². The quantitative estimate of drug-likeness (QED) is 0.253. The molecule has 4 heteroatoms. The second kappa shape index (κ2) is 8.59. The number of anilines is 3. The summed E-state index contributed by atoms with van der Waals surface area (Å²) < 4.78 is 1.20. The van der Waals surface area contributed by atoms with Crippen molar-refractivity contribution in [3.05, 3.63) is 127 Å². The van der Waals surface area contributed by atoms with Crippen LogP contribution in [0.3, 0.4) is 0 Å². The van der Waals surface area contributed by atoms with Crippen molar-refractivity contribution in [2.24, 2.45) is 0 Å². The molecule has 0 N–H and O–H groups in total. The van der Waals surface area contributed by atoms with Gasteiger partial charge >= 0.3 is 0 Å². The molecule has 0 bridgehead atoms. The molecule has 0 spiro atoms. The number of fused-ring (bicyclic) bond motifs is 3. The summed E-state index contributed by atoms with van der Waals surface area (Å²) in [6, 6.07) is 38.2. The van der Waals surface area contributed by atoms with E-state index in [9.17, 15) is 0 Å². The third kappa shape index (κ3) is 3.60. The summed E-state index contributed by atoms with van der Waals surface area (Å²) in [4.78, 5) is 11.9. The van der Waals surface area contributed by atoms with Gasteiger partial charge in [0.15, 0.2) is 0 Å². The summed E-state index contributed by atoms with van der Waals surface area (Å²) in [5.41, 5.74) is 9.93. The first kappa shape index (κ1) is 20.8. The maximum atomic E-state index is 4.92. The SMILES string of the molecule is C1=Cc2ccc(-c3nc4ccccc4s3)cc2N(c2cccc(-c3ccccn3)c2)c2ccccc21. The topological polar surface area (TPSA) is 29.0 Å². The summed E-state index contributed by atoms with van der Waals surface area (Å²) in [7, 11) is 0. The largest absolute Gasteiger partial charge is 0.309 e. The van der Waals surface area contributed by atoms with Crippen molar-refractivity contribution in [3.8, 4) is 21.8 Å². The van der Waals surface area contributed by atoms with Gasteiger partial charge in [0, 0.05) is 23.0 Å². The number of pyridine rings is 1. The third-order valence-corrected chi connectivity index (χ3v) is 7.58. The minimum Gasteiger partial charge on any atom is -0.309 e. The van der Waals surface area contributed by atoms with Gasteiger partial charge in [-0.1, -0.05) is 72.8 Å². The lowest BCUT2D eigenvalue weighted by molar-refractivity contribution is 1.27. The van der Waals surface area contributed by atoms with Crippen LogP contribution in [0.25, 0.3) is 44.2 Å². The Morgan fingerprint density at radius 3 is 2.33 bits per heavy atom. The zero-order valence-electron chi connectivity index (χ0n) is 19.4. The molecule has 0 unspecified atom stereocenters. The molecule has 0 amide bonds. The van der Waals surface area contributed by atoms with Crippen molar-refractivity contribution in [1.29, 1.82) is 0 Å². The van der Waals surface area contributed by atoms with Crippen LogP contribution in [0.5, 0.6) is 0 Å². The number of aromatic nitrogens is 2. The number of para-hydroxylation sites is 2. The first-order valence-corrected chi connectivity index (χ1v) is 12.7. The molecule has 36 heavy (non-hydrogen) atoms. The van der Waals surface area contributed by atoms with E-state index in [4.69, 9.17) is 4.98 Å². The van der Waals surface area contributed by atoms with Gasteiger partial charge in [0.2, 0.25) is 0 Å². The van der Waals surface area contributed by atoms with Crippen molar-refractivity contribution >= 4 is 50.8 Å². The monoisotopic (exact) mass is 479 g/mol. The number of hydrogen-bond donors (Lipinski definition) is 0. The molecule has 0 atom stereocenters. The highest BCUT2D eigenvalue weighted by Crippen LogP contribution is 2.44. The second-order valence-electron chi connectivity index (χ2n) is 8.75. The number of benzene rings is 4. The molecule has 0 radical (unpaired) electrons. The van der Waals surface area contributed by atoms with Crippen LogP contribution in [0.1, 0.15) is 11.1 Å². The van der Waals surface area contributed by atoms with Gasteiger partial charge in [-0.3, -0.25) is 4.98 Å². The Labute approximate surface area is 213 Å². The highest BCUT2D eigenvalue weighted by molar-refractivity contribution is 7.21. The normalized spacial score (nSPS) is 12.3. The summed E-state index contributed by atoms with van der Waals surface area (Å²) in [5, 5.41) is 1.03. The van der Waals surface area contributed by atoms with E-state index in [1.165, 1.54) is 15.8 Å². The van der Waals surface area contributed by atoms with Crippen LogP contribution >= 0.6 is 11.3 Å². The van der Waals surface area contributed by atoms with E-state index in [-0.39, 0.29) is 0 Å². The van der Waals surface area contributed by atoms with Gasteiger partial charge < -0.3 is 4.90 Å². The van der Waals surface area contributed by atoms with E-state index in [1.807, 2.05) is 24.4 Å².